The third-order valence-electron chi connectivity index (χ3n) is 14.8. The summed E-state index contributed by atoms with van der Waals surface area (Å²) in [7, 11) is -2.90. The number of carbonyl (C=O) groups is 2. The molecule has 6 N–H and O–H groups in total. The van der Waals surface area contributed by atoms with Crippen molar-refractivity contribution in [1.29, 1.82) is 0 Å². The van der Waals surface area contributed by atoms with Gasteiger partial charge in [-0.1, -0.05) is 32.0 Å². The number of fused-ring (bicyclic) bond motifs is 3. The molecule has 6 heterocycles. The van der Waals surface area contributed by atoms with Crippen LogP contribution in [0.2, 0.25) is 5.02 Å². The molecule has 20 heteroatoms. The topological polar surface area (TPSA) is 214 Å². The Morgan fingerprint density at radius 3 is 2.49 bits per heavy atom. The van der Waals surface area contributed by atoms with E-state index in [0.29, 0.717) is 76.0 Å². The zero-order chi connectivity index (χ0) is 51.6. The lowest BCUT2D eigenvalue weighted by molar-refractivity contribution is -0.111. The number of nitrogens with zero attached hydrogens (tertiary/aromatic N) is 8. The zero-order valence-corrected chi connectivity index (χ0v) is 43.6. The van der Waals surface area contributed by atoms with Gasteiger partial charge in [-0.3, -0.25) is 24.2 Å². The van der Waals surface area contributed by atoms with Crippen LogP contribution in [0.25, 0.3) is 11.3 Å². The number of aliphatic hydroxyl groups is 1. The molecule has 2 saturated heterocycles. The highest BCUT2D eigenvalue weighted by Crippen LogP contribution is 2.43. The highest BCUT2D eigenvalue weighted by atomic mass is 35.5. The number of carbonyl (C=O) groups excluding carboxylic acids is 2. The Labute approximate surface area is 424 Å². The summed E-state index contributed by atoms with van der Waals surface area (Å²) >= 11 is 6.57. The standard InChI is InChI=1S/C52H65ClN11O7P/c1-9-46(66)56-41-24-34(10-13-43(41)62-19-18-60(28-32(62)3)35-15-17-61(31(2)22-35)36-11-12-40(53)39(25-36)52(6,7)58-72(69,70)71)55-47-50(68)59(8)29-42(57-47)37-14-16-54-48(38(37)30-65)64-21-20-63-44(49(64)67)23-33-26-51(4,5)27-45(33)63/h9-14,16,23-25,29,31-32,35,65H,1,15,17-22,26-28,30H2,2-8H3,(H,55,57)(H,56,66)(H3,58,69,70,71)/t31-,32-,35?/m0/s1. The average Bonchev–Trinajstić information content (AvgIpc) is 3.81. The van der Waals surface area contributed by atoms with Crippen LogP contribution in [0.1, 0.15) is 87.3 Å². The minimum absolute atomic E-state index is 0.0230. The Kier molecular flexibility index (Phi) is 13.9. The lowest BCUT2D eigenvalue weighted by Crippen LogP contribution is -2.58. The minimum atomic E-state index is -4.53. The van der Waals surface area contributed by atoms with Crippen molar-refractivity contribution in [2.24, 2.45) is 12.5 Å². The number of nitrogens with one attached hydrogen (secondary N) is 3. The van der Waals surface area contributed by atoms with Gasteiger partial charge in [-0.15, -0.1) is 0 Å². The summed E-state index contributed by atoms with van der Waals surface area (Å²) in [6.07, 6.45) is 8.07. The second kappa shape index (κ2) is 19.5. The molecule has 1 unspecified atom stereocenters. The van der Waals surface area contributed by atoms with E-state index in [1.807, 2.05) is 30.3 Å². The molecule has 2 amide bonds. The Morgan fingerprint density at radius 2 is 1.78 bits per heavy atom. The molecular weight excluding hydrogens is 957 g/mol. The molecule has 5 aromatic rings. The number of anilines is 6. The molecule has 3 aliphatic heterocycles. The largest absolute Gasteiger partial charge is 0.401 e. The van der Waals surface area contributed by atoms with Crippen molar-refractivity contribution in [3.05, 3.63) is 117 Å². The third-order valence-corrected chi connectivity index (χ3v) is 16.0. The van der Waals surface area contributed by atoms with Crippen LogP contribution in [0.3, 0.4) is 0 Å². The van der Waals surface area contributed by atoms with Crippen LogP contribution in [0, 0.1) is 5.41 Å². The summed E-state index contributed by atoms with van der Waals surface area (Å²) in [5.74, 6) is -0.192. The van der Waals surface area contributed by atoms with Crippen molar-refractivity contribution in [3.63, 3.8) is 0 Å². The first-order valence-corrected chi connectivity index (χ1v) is 26.5. The number of benzene rings is 2. The molecule has 4 aliphatic rings. The molecule has 0 bridgehead atoms. The van der Waals surface area contributed by atoms with Crippen LogP contribution in [-0.2, 0) is 47.9 Å². The van der Waals surface area contributed by atoms with Crippen molar-refractivity contribution in [2.45, 2.75) is 104 Å². The van der Waals surface area contributed by atoms with E-state index in [-0.39, 0.29) is 35.1 Å². The Hall–Kier alpha value is -5.85. The number of piperazine rings is 1. The number of aliphatic hydroxyl groups excluding tert-OH is 1. The Morgan fingerprint density at radius 1 is 1.00 bits per heavy atom. The predicted octanol–water partition coefficient (Wildman–Crippen LogP) is 6.93. The molecule has 0 saturated carbocycles. The van der Waals surface area contributed by atoms with E-state index in [0.717, 1.165) is 56.7 Å². The number of pyridine rings is 1. The summed E-state index contributed by atoms with van der Waals surface area (Å²) in [6, 6.07) is 15.6. The van der Waals surface area contributed by atoms with Crippen LogP contribution >= 0.6 is 19.3 Å². The fraction of sp³-hybridized carbons (Fsp3) is 0.442. The maximum atomic E-state index is 14.1. The molecule has 3 aromatic heterocycles. The number of piperidine rings is 1. The van der Waals surface area contributed by atoms with Gasteiger partial charge in [-0.05, 0) is 125 Å². The second-order valence-electron chi connectivity index (χ2n) is 21.1. The highest BCUT2D eigenvalue weighted by molar-refractivity contribution is 7.49. The first-order valence-electron chi connectivity index (χ1n) is 24.5. The van der Waals surface area contributed by atoms with Crippen LogP contribution in [-0.4, -0.2) is 102 Å². The summed E-state index contributed by atoms with van der Waals surface area (Å²) in [5, 5.41) is 19.9. The minimum Gasteiger partial charge on any atom is -0.392 e. The maximum Gasteiger partial charge on any atom is 0.401 e. The van der Waals surface area contributed by atoms with Gasteiger partial charge in [-0.25, -0.2) is 19.6 Å². The fourth-order valence-electron chi connectivity index (χ4n) is 11.5. The third kappa shape index (κ3) is 10.1. The van der Waals surface area contributed by atoms with Crippen LogP contribution in [0.15, 0.2) is 78.4 Å². The monoisotopic (exact) mass is 1020 g/mol. The number of halogens is 1. The van der Waals surface area contributed by atoms with Gasteiger partial charge in [0.2, 0.25) is 5.91 Å². The van der Waals surface area contributed by atoms with Gasteiger partial charge < -0.3 is 44.5 Å². The quantitative estimate of drug-likeness (QED) is 0.0522. The van der Waals surface area contributed by atoms with Crippen molar-refractivity contribution in [1.82, 2.24) is 29.1 Å². The van der Waals surface area contributed by atoms with Gasteiger partial charge in [0.25, 0.3) is 11.5 Å². The molecule has 2 aromatic carbocycles. The molecule has 18 nitrogen and oxygen atoms in total. The van der Waals surface area contributed by atoms with E-state index >= 15 is 0 Å². The molecule has 382 valence electrons. The Balaban J connectivity index is 0.907. The molecule has 72 heavy (non-hydrogen) atoms. The number of rotatable bonds is 13. The second-order valence-corrected chi connectivity index (χ2v) is 22.8. The first kappa shape index (κ1) is 51.1. The molecule has 0 spiro atoms. The molecule has 1 aliphatic carbocycles. The summed E-state index contributed by atoms with van der Waals surface area (Å²) in [5.41, 5.74) is 6.49. The number of aryl methyl sites for hydroxylation is 1. The number of amides is 2. The Bertz CT molecular complexity index is 3080. The van der Waals surface area contributed by atoms with Gasteiger partial charge in [0.1, 0.15) is 11.5 Å². The van der Waals surface area contributed by atoms with E-state index < -0.39 is 25.5 Å². The maximum absolute atomic E-state index is 14.1. The number of hydrogen-bond acceptors (Lipinski definition) is 11. The SMILES string of the molecule is C=CC(=O)Nc1cc(Nc2nc(-c3ccnc(N4CCn5c(cc6c5CC(C)(C)C6)C4=O)c3CO)cn(C)c2=O)ccc1N1CCN(C2CCN(c3ccc(Cl)c(C(C)(C)NP(=O)(O)O)c3)[C@@H](C)C2)C[C@@H]1C. The molecule has 0 radical (unpaired) electrons. The fourth-order valence-corrected chi connectivity index (χ4v) is 12.7. The average molecular weight is 1020 g/mol. The van der Waals surface area contributed by atoms with Gasteiger partial charge in [-0.2, -0.15) is 0 Å². The summed E-state index contributed by atoms with van der Waals surface area (Å²) in [6.45, 7) is 19.6. The summed E-state index contributed by atoms with van der Waals surface area (Å²) < 4.78 is 15.4. The lowest BCUT2D eigenvalue weighted by atomic mass is 9.90. The highest BCUT2D eigenvalue weighted by Gasteiger charge is 2.39. The van der Waals surface area contributed by atoms with E-state index in [1.165, 1.54) is 21.9 Å². The normalized spacial score (nSPS) is 20.3. The molecule has 9 rings (SSSR count). The van der Waals surface area contributed by atoms with E-state index in [4.69, 9.17) is 16.6 Å². The lowest BCUT2D eigenvalue weighted by Gasteiger charge is -2.48. The summed E-state index contributed by atoms with van der Waals surface area (Å²) in [4.78, 5) is 78.2. The molecule has 3 atom stereocenters. The zero-order valence-electron chi connectivity index (χ0n) is 41.9. The first-order chi connectivity index (χ1) is 34.0. The van der Waals surface area contributed by atoms with E-state index in [1.54, 1.807) is 56.4 Å². The van der Waals surface area contributed by atoms with Gasteiger partial charge in [0.05, 0.1) is 23.7 Å². The van der Waals surface area contributed by atoms with Gasteiger partial charge >= 0.3 is 7.75 Å². The van der Waals surface area contributed by atoms with Crippen LogP contribution < -0.4 is 36.0 Å². The smallest absolute Gasteiger partial charge is 0.392 e. The number of hydrogen-bond donors (Lipinski definition) is 6. The van der Waals surface area contributed by atoms with Gasteiger partial charge in [0, 0.05) is 116 Å². The van der Waals surface area contributed by atoms with Crippen LogP contribution in [0.5, 0.6) is 0 Å². The van der Waals surface area contributed by atoms with Crippen LogP contribution in [0.4, 0.5) is 34.4 Å². The van der Waals surface area contributed by atoms with E-state index in [9.17, 15) is 33.8 Å². The van der Waals surface area contributed by atoms with Crippen molar-refractivity contribution < 1.29 is 29.0 Å². The van der Waals surface area contributed by atoms with Crippen molar-refractivity contribution in [3.8, 4) is 11.3 Å². The predicted molar refractivity (Wildman–Crippen MR) is 282 cm³/mol. The molecule has 2 fully saturated rings. The van der Waals surface area contributed by atoms with Crippen molar-refractivity contribution in [2.75, 3.05) is 58.1 Å². The van der Waals surface area contributed by atoms with Gasteiger partial charge in [0.15, 0.2) is 5.82 Å². The molecular formula is C52H65ClN11O7P. The van der Waals surface area contributed by atoms with E-state index in [2.05, 4.69) is 74.2 Å². The number of aromatic nitrogens is 4. The van der Waals surface area contributed by atoms with Crippen molar-refractivity contribution >= 4 is 65.5 Å².